The molecular weight excluding hydrogens is 190 g/mol. The third-order valence-corrected chi connectivity index (χ3v) is 2.77. The molecule has 2 aliphatic heterocycles. The Morgan fingerprint density at radius 1 is 1.71 bits per heavy atom. The lowest BCUT2D eigenvalue weighted by Crippen LogP contribution is -2.42. The molecule has 6 nitrogen and oxygen atoms in total. The number of hydrogen-bond donors (Lipinski definition) is 1. The SMILES string of the molecule is COC(=O)[C@@H]1C[C@@]2(C)[C@H](O)CON2O1. The molecule has 0 aromatic heterocycles. The zero-order chi connectivity index (χ0) is 10.3. The van der Waals surface area contributed by atoms with Gasteiger partial charge in [-0.2, -0.15) is 0 Å². The number of hydroxylamine groups is 2. The summed E-state index contributed by atoms with van der Waals surface area (Å²) >= 11 is 0. The van der Waals surface area contributed by atoms with Crippen molar-refractivity contribution in [3.8, 4) is 0 Å². The van der Waals surface area contributed by atoms with Crippen LogP contribution in [0.15, 0.2) is 0 Å². The molecule has 0 saturated carbocycles. The molecule has 2 fully saturated rings. The van der Waals surface area contributed by atoms with E-state index < -0.39 is 23.7 Å². The maximum atomic E-state index is 11.2. The Morgan fingerprint density at radius 3 is 3.00 bits per heavy atom. The number of rotatable bonds is 1. The number of aliphatic hydroxyl groups is 1. The average molecular weight is 203 g/mol. The highest BCUT2D eigenvalue weighted by Crippen LogP contribution is 2.39. The Labute approximate surface area is 81.2 Å². The smallest absolute Gasteiger partial charge is 0.337 e. The molecule has 0 aromatic carbocycles. The van der Waals surface area contributed by atoms with Gasteiger partial charge in [-0.1, -0.05) is 5.23 Å². The molecule has 3 atom stereocenters. The molecule has 0 aromatic rings. The molecule has 1 N–H and O–H groups in total. The van der Waals surface area contributed by atoms with Crippen molar-refractivity contribution in [1.82, 2.24) is 5.23 Å². The average Bonchev–Trinajstić information content (AvgIpc) is 2.63. The maximum Gasteiger partial charge on any atom is 0.337 e. The van der Waals surface area contributed by atoms with Crippen molar-refractivity contribution in [3.05, 3.63) is 0 Å². The number of carbonyl (C=O) groups is 1. The number of esters is 1. The molecule has 80 valence electrons. The second-order valence-electron chi connectivity index (χ2n) is 3.75. The van der Waals surface area contributed by atoms with E-state index in [1.165, 1.54) is 12.3 Å². The van der Waals surface area contributed by atoms with Gasteiger partial charge in [0.1, 0.15) is 11.6 Å². The van der Waals surface area contributed by atoms with Gasteiger partial charge < -0.3 is 9.84 Å². The molecule has 2 aliphatic rings. The van der Waals surface area contributed by atoms with Crippen LogP contribution in [-0.2, 0) is 19.2 Å². The fraction of sp³-hybridized carbons (Fsp3) is 0.875. The van der Waals surface area contributed by atoms with Gasteiger partial charge in [-0.05, 0) is 6.92 Å². The summed E-state index contributed by atoms with van der Waals surface area (Å²) < 4.78 is 4.55. The van der Waals surface area contributed by atoms with E-state index in [1.807, 2.05) is 0 Å². The van der Waals surface area contributed by atoms with E-state index in [0.717, 1.165) is 0 Å². The maximum absolute atomic E-state index is 11.2. The molecule has 14 heavy (non-hydrogen) atoms. The van der Waals surface area contributed by atoms with Crippen LogP contribution in [0.4, 0.5) is 0 Å². The normalized spacial score (nSPS) is 42.5. The summed E-state index contributed by atoms with van der Waals surface area (Å²) in [5, 5.41) is 10.8. The molecular formula is C8H13NO5. The molecule has 0 amide bonds. The quantitative estimate of drug-likeness (QED) is 0.564. The number of ether oxygens (including phenoxy) is 1. The molecule has 0 bridgehead atoms. The van der Waals surface area contributed by atoms with Gasteiger partial charge in [-0.25, -0.2) is 4.79 Å². The van der Waals surface area contributed by atoms with Crippen LogP contribution >= 0.6 is 0 Å². The Morgan fingerprint density at radius 2 is 2.43 bits per heavy atom. The fourth-order valence-corrected chi connectivity index (χ4v) is 1.73. The van der Waals surface area contributed by atoms with Crippen LogP contribution in [-0.4, -0.2) is 47.8 Å². The Kier molecular flexibility index (Phi) is 2.23. The number of methoxy groups -OCH3 is 1. The summed E-state index contributed by atoms with van der Waals surface area (Å²) in [4.78, 5) is 21.4. The lowest BCUT2D eigenvalue weighted by molar-refractivity contribution is -0.354. The van der Waals surface area contributed by atoms with E-state index in [0.29, 0.717) is 6.42 Å². The summed E-state index contributed by atoms with van der Waals surface area (Å²) in [7, 11) is 1.30. The van der Waals surface area contributed by atoms with Crippen LogP contribution in [0.3, 0.4) is 0 Å². The molecule has 0 aliphatic carbocycles. The highest BCUT2D eigenvalue weighted by Gasteiger charge is 2.56. The van der Waals surface area contributed by atoms with E-state index in [4.69, 9.17) is 9.68 Å². The monoisotopic (exact) mass is 203 g/mol. The third kappa shape index (κ3) is 1.23. The lowest BCUT2D eigenvalue weighted by Gasteiger charge is -2.23. The van der Waals surface area contributed by atoms with Crippen molar-refractivity contribution in [3.63, 3.8) is 0 Å². The first-order valence-corrected chi connectivity index (χ1v) is 4.44. The summed E-state index contributed by atoms with van der Waals surface area (Å²) in [5.74, 6) is -0.448. The second-order valence-corrected chi connectivity index (χ2v) is 3.75. The molecule has 2 rings (SSSR count). The first kappa shape index (κ1) is 9.85. The van der Waals surface area contributed by atoms with E-state index >= 15 is 0 Å². The van der Waals surface area contributed by atoms with Crippen LogP contribution in [0, 0.1) is 0 Å². The van der Waals surface area contributed by atoms with Crippen LogP contribution in [0.5, 0.6) is 0 Å². The number of aliphatic hydroxyl groups excluding tert-OH is 1. The van der Waals surface area contributed by atoms with E-state index in [1.54, 1.807) is 6.92 Å². The number of nitrogens with zero attached hydrogens (tertiary/aromatic N) is 1. The van der Waals surface area contributed by atoms with E-state index in [2.05, 4.69) is 4.74 Å². The largest absolute Gasteiger partial charge is 0.467 e. The molecule has 0 spiro atoms. The van der Waals surface area contributed by atoms with Crippen molar-refractivity contribution in [2.24, 2.45) is 0 Å². The number of hydrogen-bond acceptors (Lipinski definition) is 6. The lowest BCUT2D eigenvalue weighted by atomic mass is 9.91. The van der Waals surface area contributed by atoms with Gasteiger partial charge in [-0.15, -0.1) is 0 Å². The molecule has 2 saturated heterocycles. The second kappa shape index (κ2) is 3.16. The van der Waals surface area contributed by atoms with Gasteiger partial charge >= 0.3 is 5.97 Å². The highest BCUT2D eigenvalue weighted by atomic mass is 17.0. The minimum absolute atomic E-state index is 0.199. The molecule has 6 heteroatoms. The summed E-state index contributed by atoms with van der Waals surface area (Å²) in [6.45, 7) is 1.98. The van der Waals surface area contributed by atoms with Crippen LogP contribution in [0.2, 0.25) is 0 Å². The van der Waals surface area contributed by atoms with Gasteiger partial charge in [-0.3, -0.25) is 9.68 Å². The van der Waals surface area contributed by atoms with E-state index in [-0.39, 0.29) is 6.61 Å². The van der Waals surface area contributed by atoms with Gasteiger partial charge in [0, 0.05) is 6.42 Å². The highest BCUT2D eigenvalue weighted by molar-refractivity contribution is 5.75. The molecule has 0 radical (unpaired) electrons. The minimum Gasteiger partial charge on any atom is -0.467 e. The van der Waals surface area contributed by atoms with Crippen molar-refractivity contribution in [2.75, 3.05) is 13.7 Å². The van der Waals surface area contributed by atoms with Crippen LogP contribution < -0.4 is 0 Å². The van der Waals surface area contributed by atoms with Gasteiger partial charge in [0.2, 0.25) is 0 Å². The van der Waals surface area contributed by atoms with Gasteiger partial charge in [0.25, 0.3) is 0 Å². The number of fused-ring (bicyclic) bond motifs is 1. The van der Waals surface area contributed by atoms with Crippen molar-refractivity contribution in [2.45, 2.75) is 31.1 Å². The number of carbonyl (C=O) groups excluding carboxylic acids is 1. The van der Waals surface area contributed by atoms with Gasteiger partial charge in [0.15, 0.2) is 6.10 Å². The zero-order valence-electron chi connectivity index (χ0n) is 8.10. The predicted octanol–water partition coefficient (Wildman–Crippen LogP) is -0.770. The zero-order valence-corrected chi connectivity index (χ0v) is 8.10. The standard InChI is InChI=1S/C8H13NO5/c1-8-3-5(7(11)12-2)14-9(8)13-4-6(8)10/h5-6,10H,3-4H2,1-2H3/t5-,6+,8-/m0/s1. The van der Waals surface area contributed by atoms with Crippen molar-refractivity contribution in [1.29, 1.82) is 0 Å². The Balaban J connectivity index is 2.10. The van der Waals surface area contributed by atoms with Crippen LogP contribution in [0.1, 0.15) is 13.3 Å². The Hall–Kier alpha value is -0.690. The topological polar surface area (TPSA) is 68.2 Å². The van der Waals surface area contributed by atoms with Gasteiger partial charge in [0.05, 0.1) is 13.7 Å². The van der Waals surface area contributed by atoms with Crippen molar-refractivity contribution >= 4 is 5.97 Å². The molecule has 2 heterocycles. The van der Waals surface area contributed by atoms with Crippen LogP contribution in [0.25, 0.3) is 0 Å². The summed E-state index contributed by atoms with van der Waals surface area (Å²) in [6.07, 6.45) is -0.946. The first-order chi connectivity index (χ1) is 6.58. The minimum atomic E-state index is -0.681. The van der Waals surface area contributed by atoms with Crippen molar-refractivity contribution < 1.29 is 24.3 Å². The first-order valence-electron chi connectivity index (χ1n) is 4.44. The fourth-order valence-electron chi connectivity index (χ4n) is 1.73. The third-order valence-electron chi connectivity index (χ3n) is 2.77. The molecule has 0 unspecified atom stereocenters. The summed E-state index contributed by atoms with van der Waals surface area (Å²) in [5.41, 5.74) is -0.640. The summed E-state index contributed by atoms with van der Waals surface area (Å²) in [6, 6.07) is 0. The predicted molar refractivity (Wildman–Crippen MR) is 43.7 cm³/mol. The Bertz CT molecular complexity index is 258. The van der Waals surface area contributed by atoms with E-state index in [9.17, 15) is 9.90 Å².